The van der Waals surface area contributed by atoms with Crippen molar-refractivity contribution in [2.75, 3.05) is 12.8 Å². The normalized spacial score (nSPS) is 16.5. The number of hydrogen-bond donors (Lipinski definition) is 1. The summed E-state index contributed by atoms with van der Waals surface area (Å²) in [6, 6.07) is 40.3. The first kappa shape index (κ1) is 51.7. The van der Waals surface area contributed by atoms with Crippen molar-refractivity contribution >= 4 is 47.8 Å². The van der Waals surface area contributed by atoms with Crippen LogP contribution in [0.1, 0.15) is 122 Å². The number of benzene rings is 5. The predicted molar refractivity (Wildman–Crippen MR) is 281 cm³/mol. The minimum atomic E-state index is -1.97. The maximum absolute atomic E-state index is 13.7. The summed E-state index contributed by atoms with van der Waals surface area (Å²) in [6.07, 6.45) is 4.47. The molecule has 2 heterocycles. The van der Waals surface area contributed by atoms with E-state index in [1.807, 2.05) is 58.9 Å². The number of carbonyl (C=O) groups excluding carboxylic acids is 2. The number of rotatable bonds is 19. The molecule has 1 N–H and O–H groups in total. The Labute approximate surface area is 412 Å². The van der Waals surface area contributed by atoms with Crippen molar-refractivity contribution in [2.24, 2.45) is 5.41 Å². The Morgan fingerprint density at radius 2 is 1.26 bits per heavy atom. The quantitative estimate of drug-likeness (QED) is 0.0287. The molecule has 9 nitrogen and oxygen atoms in total. The van der Waals surface area contributed by atoms with Gasteiger partial charge in [0.1, 0.15) is 46.9 Å². The van der Waals surface area contributed by atoms with E-state index in [2.05, 4.69) is 138 Å². The second-order valence-electron chi connectivity index (χ2n) is 21.2. The Morgan fingerprint density at radius 3 is 1.81 bits per heavy atom. The van der Waals surface area contributed by atoms with Gasteiger partial charge >= 0.3 is 19.2 Å². The van der Waals surface area contributed by atoms with E-state index < -0.39 is 43.3 Å². The zero-order valence-electron chi connectivity index (χ0n) is 42.9. The highest BCUT2D eigenvalue weighted by Gasteiger charge is 2.52. The first-order valence-electron chi connectivity index (χ1n) is 24.8. The summed E-state index contributed by atoms with van der Waals surface area (Å²) in [7, 11) is -2.45. The van der Waals surface area contributed by atoms with Crippen molar-refractivity contribution in [3.8, 4) is 11.5 Å². The molecule has 5 aromatic carbocycles. The van der Waals surface area contributed by atoms with Gasteiger partial charge in [-0.05, 0) is 165 Å². The third-order valence-electron chi connectivity index (χ3n) is 14.7. The van der Waals surface area contributed by atoms with Crippen LogP contribution in [0, 0.1) is 26.2 Å². The Morgan fingerprint density at radius 1 is 0.710 bits per heavy atom. The van der Waals surface area contributed by atoms with Crippen LogP contribution in [0.25, 0.3) is 0 Å². The Kier molecular flexibility index (Phi) is 16.1. The molecule has 1 saturated heterocycles. The van der Waals surface area contributed by atoms with Crippen molar-refractivity contribution in [1.82, 2.24) is 5.32 Å². The predicted octanol–water partition coefficient (Wildman–Crippen LogP) is 11.2. The molecular weight excluding hydrogens is 880 g/mol. The van der Waals surface area contributed by atoms with Crippen molar-refractivity contribution < 1.29 is 37.8 Å². The zero-order valence-corrected chi connectivity index (χ0v) is 43.8. The number of amides is 1. The van der Waals surface area contributed by atoms with Crippen LogP contribution in [0.2, 0.25) is 0 Å². The smallest absolute Gasteiger partial charge is 0.487 e. The maximum atomic E-state index is 13.7. The number of fused-ring (bicyclic) bond motifs is 1. The summed E-state index contributed by atoms with van der Waals surface area (Å²) in [5, 5.41) is 7.11. The molecule has 0 radical (unpaired) electrons. The number of hydrogen-bond acceptors (Lipinski definition) is 8. The third kappa shape index (κ3) is 11.9. The van der Waals surface area contributed by atoms with Crippen molar-refractivity contribution in [2.45, 2.75) is 151 Å². The molecule has 1 unspecified atom stereocenters. The van der Waals surface area contributed by atoms with Crippen LogP contribution >= 0.6 is 7.26 Å². The van der Waals surface area contributed by atoms with E-state index in [4.69, 9.17) is 28.3 Å². The fourth-order valence-corrected chi connectivity index (χ4v) is 13.9. The minimum Gasteiger partial charge on any atom is -0.487 e. The minimum absolute atomic E-state index is 0.0647. The highest BCUT2D eigenvalue weighted by atomic mass is 31.2. The van der Waals surface area contributed by atoms with Crippen LogP contribution in [0.4, 0.5) is 4.79 Å². The van der Waals surface area contributed by atoms with E-state index in [1.165, 1.54) is 15.9 Å². The fraction of sp³-hybridized carbons (Fsp3) is 0.448. The van der Waals surface area contributed by atoms with Crippen molar-refractivity contribution in [1.29, 1.82) is 0 Å². The standard InChI is InChI=1S/C58H73BNO8P/c1-41-42(2)52-49(35-37-56(6,7)66-52)43(3)51(41)65-53(60-54(62)64-40-44-31-33-45(34-32-44)59-67-57(8,9)58(10,11)68-59)55(4,5)36-23-38-63-50(61)30-21-22-39-69(46-24-15-12-16-25-46,47-26-17-13-18-27-47)48-28-19-14-20-29-48/h12-20,24-29,31-34,53H,21-23,30,35-40H2,1-11H3/p+1. The lowest BCUT2D eigenvalue weighted by molar-refractivity contribution is -0.144. The molecule has 366 valence electrons. The Bertz CT molecular complexity index is 2420. The van der Waals surface area contributed by atoms with E-state index in [9.17, 15) is 9.59 Å². The topological polar surface area (TPSA) is 102 Å². The number of unbranched alkanes of at least 4 members (excludes halogenated alkanes) is 1. The van der Waals surface area contributed by atoms with Crippen molar-refractivity contribution in [3.05, 3.63) is 143 Å². The summed E-state index contributed by atoms with van der Waals surface area (Å²) in [4.78, 5) is 27.0. The molecule has 1 amide bonds. The average Bonchev–Trinajstić information content (AvgIpc) is 3.56. The highest BCUT2D eigenvalue weighted by molar-refractivity contribution is 7.95. The van der Waals surface area contributed by atoms with Gasteiger partial charge in [0.05, 0.1) is 24.0 Å². The van der Waals surface area contributed by atoms with E-state index >= 15 is 0 Å². The third-order valence-corrected chi connectivity index (χ3v) is 19.2. The van der Waals surface area contributed by atoms with E-state index in [0.717, 1.165) is 76.6 Å². The van der Waals surface area contributed by atoms with E-state index in [0.29, 0.717) is 19.3 Å². The van der Waals surface area contributed by atoms with Crippen LogP contribution in [0.3, 0.4) is 0 Å². The summed E-state index contributed by atoms with van der Waals surface area (Å²) >= 11 is 0. The highest BCUT2D eigenvalue weighted by Crippen LogP contribution is 2.56. The molecule has 1 atom stereocenters. The Balaban J connectivity index is 0.985. The van der Waals surface area contributed by atoms with Gasteiger partial charge in [-0.25, -0.2) is 4.79 Å². The molecule has 2 aliphatic heterocycles. The Hall–Kier alpha value is -5.15. The molecular formula is C58H74BNO8P+. The molecule has 0 aliphatic carbocycles. The molecule has 0 saturated carbocycles. The van der Waals surface area contributed by atoms with Gasteiger partial charge in [-0.3, -0.25) is 10.1 Å². The summed E-state index contributed by atoms with van der Waals surface area (Å²) in [5.41, 5.74) is 4.11. The molecule has 0 spiro atoms. The largest absolute Gasteiger partial charge is 0.494 e. The van der Waals surface area contributed by atoms with Gasteiger partial charge in [-0.1, -0.05) is 92.7 Å². The number of esters is 1. The van der Waals surface area contributed by atoms with Crippen molar-refractivity contribution in [3.63, 3.8) is 0 Å². The molecule has 2 aliphatic rings. The first-order valence-corrected chi connectivity index (χ1v) is 26.8. The summed E-state index contributed by atoms with van der Waals surface area (Å²) in [5.74, 6) is 1.46. The molecule has 1 fully saturated rings. The lowest BCUT2D eigenvalue weighted by atomic mass is 9.79. The number of ether oxygens (including phenoxy) is 4. The van der Waals surface area contributed by atoms with Crippen LogP contribution < -0.4 is 36.2 Å². The van der Waals surface area contributed by atoms with Gasteiger partial charge < -0.3 is 28.3 Å². The molecule has 69 heavy (non-hydrogen) atoms. The second kappa shape index (κ2) is 21.5. The molecule has 0 aromatic heterocycles. The first-order chi connectivity index (χ1) is 32.7. The monoisotopic (exact) mass is 955 g/mol. The number of carbonyl (C=O) groups is 2. The van der Waals surface area contributed by atoms with Gasteiger partial charge in [-0.2, -0.15) is 0 Å². The van der Waals surface area contributed by atoms with Gasteiger partial charge in [0.15, 0.2) is 6.23 Å². The van der Waals surface area contributed by atoms with Gasteiger partial charge in [0, 0.05) is 17.4 Å². The SMILES string of the molecule is Cc1c(C)c2c(c(C)c1OC(NC(=O)OCc1ccc(B3OC(C)(C)C(C)(C)O3)cc1)C(C)(C)CCCOC(=O)CCCC[P+](c1ccccc1)(c1ccccc1)c1ccccc1)CCC(C)(C)O2. The number of nitrogens with one attached hydrogen (secondary N) is 1. The average molecular weight is 955 g/mol. The second-order valence-corrected chi connectivity index (χ2v) is 24.8. The van der Waals surface area contributed by atoms with Gasteiger partial charge in [0.25, 0.3) is 0 Å². The maximum Gasteiger partial charge on any atom is 0.494 e. The molecule has 5 aromatic rings. The molecule has 11 heteroatoms. The fourth-order valence-electron chi connectivity index (χ4n) is 9.49. The van der Waals surface area contributed by atoms with Crippen LogP contribution in [-0.4, -0.2) is 55.0 Å². The lowest BCUT2D eigenvalue weighted by Gasteiger charge is -2.38. The van der Waals surface area contributed by atoms with E-state index in [-0.39, 0.29) is 24.8 Å². The summed E-state index contributed by atoms with van der Waals surface area (Å²) in [6.45, 7) is 23.0. The molecule has 7 rings (SSSR count). The zero-order chi connectivity index (χ0) is 49.6. The number of alkyl carbamates (subject to hydrolysis) is 1. The molecule has 0 bridgehead atoms. The summed E-state index contributed by atoms with van der Waals surface area (Å²) < 4.78 is 37.6. The van der Waals surface area contributed by atoms with Gasteiger partial charge in [-0.15, -0.1) is 0 Å². The van der Waals surface area contributed by atoms with Gasteiger partial charge in [0.2, 0.25) is 0 Å². The lowest BCUT2D eigenvalue weighted by Crippen LogP contribution is -2.49. The van der Waals surface area contributed by atoms with E-state index in [1.54, 1.807) is 0 Å². The van der Waals surface area contributed by atoms with Crippen LogP contribution in [-0.2, 0) is 36.6 Å². The van der Waals surface area contributed by atoms with Crippen LogP contribution in [0.5, 0.6) is 11.5 Å². The van der Waals surface area contributed by atoms with Crippen LogP contribution in [0.15, 0.2) is 115 Å².